The lowest BCUT2D eigenvalue weighted by molar-refractivity contribution is -0.140. The Balaban J connectivity index is 3.28. The molecule has 0 N–H and O–H groups in total. The first kappa shape index (κ1) is 8.95. The van der Waals surface area contributed by atoms with Crippen LogP contribution in [-0.4, -0.2) is 17.9 Å². The summed E-state index contributed by atoms with van der Waals surface area (Å²) < 4.78 is 4.73. The third-order valence-corrected chi connectivity index (χ3v) is 1.04. The number of hydrogen-bond donors (Lipinski definition) is 0. The maximum atomic E-state index is 10.6. The number of hydrogen-bond acceptors (Lipinski definition) is 2. The van der Waals surface area contributed by atoms with E-state index in [1.54, 1.807) is 13.8 Å². The molecule has 0 fully saturated rings. The molecule has 2 nitrogen and oxygen atoms in total. The lowest BCUT2D eigenvalue weighted by Gasteiger charge is -2.02. The average molecular weight is 194 g/mol. The number of halogens is 1. The molecule has 0 aromatic heterocycles. The Morgan fingerprint density at radius 1 is 1.56 bits per heavy atom. The molecule has 0 amide bonds. The highest BCUT2D eigenvalue weighted by molar-refractivity contribution is 9.09. The predicted octanol–water partition coefficient (Wildman–Crippen LogP) is 1.54. The van der Waals surface area contributed by atoms with Crippen molar-refractivity contribution in [2.45, 2.75) is 13.8 Å². The number of rotatable bonds is 3. The maximum Gasteiger partial charge on any atom is 0.312 e. The van der Waals surface area contributed by atoms with Crippen LogP contribution in [0, 0.1) is 5.92 Å². The zero-order valence-corrected chi connectivity index (χ0v) is 7.19. The second kappa shape index (κ2) is 4.79. The molecule has 0 bridgehead atoms. The normalized spacial score (nSPS) is 9.78. The first-order valence-electron chi connectivity index (χ1n) is 2.71. The van der Waals surface area contributed by atoms with Gasteiger partial charge in [-0.25, -0.2) is 0 Å². The van der Waals surface area contributed by atoms with Crippen LogP contribution < -0.4 is 0 Å². The van der Waals surface area contributed by atoms with Gasteiger partial charge in [0.1, 0.15) is 6.61 Å². The van der Waals surface area contributed by atoms with Crippen LogP contribution in [0.1, 0.15) is 13.8 Å². The minimum absolute atomic E-state index is 0.213. The van der Waals surface area contributed by atoms with Gasteiger partial charge in [0, 0.05) is 5.33 Å². The Labute approximate surface area is 63.7 Å². The van der Waals surface area contributed by atoms with E-state index >= 15 is 0 Å². The summed E-state index contributed by atoms with van der Waals surface area (Å²) in [6, 6.07) is 0. The topological polar surface area (TPSA) is 26.3 Å². The van der Waals surface area contributed by atoms with Crippen molar-refractivity contribution in [2.75, 3.05) is 11.9 Å². The van der Waals surface area contributed by atoms with Gasteiger partial charge < -0.3 is 4.74 Å². The van der Waals surface area contributed by atoms with Crippen LogP contribution in [0.3, 0.4) is 0 Å². The third-order valence-electron chi connectivity index (χ3n) is 0.719. The van der Waals surface area contributed by atoms with Crippen molar-refractivity contribution in [1.29, 1.82) is 0 Å². The molecule has 3 heteroatoms. The summed E-state index contributed by atoms with van der Waals surface area (Å²) in [5.41, 5.74) is 0. The molecule has 0 unspecified atom stereocenters. The Kier molecular flexibility index (Phi) is 4.77. The van der Waals surface area contributed by atoms with E-state index in [2.05, 4.69) is 15.9 Å². The van der Waals surface area contributed by atoms with Gasteiger partial charge in [-0.2, -0.15) is 0 Å². The standard InChI is InChI=1S/C6H10BrO2/c1-5(2)6(8)9-4-3-7/h3-4H2,1-2H3. The van der Waals surface area contributed by atoms with Crippen LogP contribution in [0.2, 0.25) is 0 Å². The van der Waals surface area contributed by atoms with Crippen molar-refractivity contribution in [1.82, 2.24) is 0 Å². The van der Waals surface area contributed by atoms with E-state index in [0.717, 1.165) is 0 Å². The molecule has 0 aromatic carbocycles. The summed E-state index contributed by atoms with van der Waals surface area (Å²) in [5, 5.41) is 0.700. The number of ether oxygens (including phenoxy) is 1. The fourth-order valence-corrected chi connectivity index (χ4v) is 0.437. The van der Waals surface area contributed by atoms with Gasteiger partial charge in [-0.3, -0.25) is 4.79 Å². The summed E-state index contributed by atoms with van der Waals surface area (Å²) in [7, 11) is 0. The van der Waals surface area contributed by atoms with Crippen LogP contribution in [-0.2, 0) is 9.53 Å². The second-order valence-electron chi connectivity index (χ2n) is 1.82. The van der Waals surface area contributed by atoms with Gasteiger partial charge in [-0.1, -0.05) is 15.9 Å². The zero-order valence-electron chi connectivity index (χ0n) is 5.61. The molecule has 0 atom stereocenters. The smallest absolute Gasteiger partial charge is 0.312 e. The van der Waals surface area contributed by atoms with E-state index in [-0.39, 0.29) is 5.97 Å². The Hall–Kier alpha value is -0.0500. The molecule has 53 valence electrons. The number of esters is 1. The quantitative estimate of drug-likeness (QED) is 0.503. The molecule has 0 aliphatic heterocycles. The van der Waals surface area contributed by atoms with Gasteiger partial charge in [0.15, 0.2) is 0 Å². The van der Waals surface area contributed by atoms with Crippen LogP contribution in [0.15, 0.2) is 0 Å². The minimum atomic E-state index is -0.213. The van der Waals surface area contributed by atoms with Crippen LogP contribution in [0.5, 0.6) is 0 Å². The maximum absolute atomic E-state index is 10.6. The number of alkyl halides is 1. The summed E-state index contributed by atoms with van der Waals surface area (Å²) in [5.74, 6) is 0.477. The average Bonchev–Trinajstić information content (AvgIpc) is 1.82. The molecular formula is C6H10BrO2. The van der Waals surface area contributed by atoms with Crippen molar-refractivity contribution >= 4 is 21.9 Å². The van der Waals surface area contributed by atoms with Crippen molar-refractivity contribution in [3.8, 4) is 0 Å². The molecule has 9 heavy (non-hydrogen) atoms. The fourth-order valence-electron chi connectivity index (χ4n) is 0.276. The van der Waals surface area contributed by atoms with Crippen molar-refractivity contribution in [3.05, 3.63) is 5.92 Å². The molecule has 0 aliphatic carbocycles. The molecule has 0 rings (SSSR count). The van der Waals surface area contributed by atoms with E-state index in [4.69, 9.17) is 4.74 Å². The highest BCUT2D eigenvalue weighted by Gasteiger charge is 2.06. The van der Waals surface area contributed by atoms with E-state index in [1.165, 1.54) is 0 Å². The summed E-state index contributed by atoms with van der Waals surface area (Å²) >= 11 is 3.14. The highest BCUT2D eigenvalue weighted by atomic mass is 79.9. The largest absolute Gasteiger partial charge is 0.464 e. The van der Waals surface area contributed by atoms with Crippen molar-refractivity contribution < 1.29 is 9.53 Å². The lowest BCUT2D eigenvalue weighted by atomic mass is 10.2. The first-order valence-corrected chi connectivity index (χ1v) is 3.84. The van der Waals surface area contributed by atoms with Gasteiger partial charge >= 0.3 is 5.97 Å². The van der Waals surface area contributed by atoms with Crippen LogP contribution >= 0.6 is 15.9 Å². The molecule has 1 radical (unpaired) electrons. The monoisotopic (exact) mass is 193 g/mol. The lowest BCUT2D eigenvalue weighted by Crippen LogP contribution is -2.11. The van der Waals surface area contributed by atoms with Crippen molar-refractivity contribution in [3.63, 3.8) is 0 Å². The Morgan fingerprint density at radius 2 is 2.11 bits per heavy atom. The van der Waals surface area contributed by atoms with Crippen LogP contribution in [0.4, 0.5) is 0 Å². The SMILES string of the molecule is C[C](C)C(=O)OCCBr. The summed E-state index contributed by atoms with van der Waals surface area (Å²) in [6.07, 6.45) is 0. The predicted molar refractivity (Wildman–Crippen MR) is 39.3 cm³/mol. The van der Waals surface area contributed by atoms with E-state index in [1.807, 2.05) is 0 Å². The molecule has 0 aromatic rings. The Morgan fingerprint density at radius 3 is 2.44 bits per heavy atom. The molecular weight excluding hydrogens is 184 g/mol. The summed E-state index contributed by atoms with van der Waals surface area (Å²) in [6.45, 7) is 3.91. The molecule has 0 spiro atoms. The molecule has 0 aliphatic rings. The van der Waals surface area contributed by atoms with Crippen LogP contribution in [0.25, 0.3) is 0 Å². The number of carbonyl (C=O) groups excluding carboxylic acids is 1. The second-order valence-corrected chi connectivity index (χ2v) is 2.62. The highest BCUT2D eigenvalue weighted by Crippen LogP contribution is 1.98. The summed E-state index contributed by atoms with van der Waals surface area (Å²) in [4.78, 5) is 10.6. The van der Waals surface area contributed by atoms with Crippen molar-refractivity contribution in [2.24, 2.45) is 0 Å². The van der Waals surface area contributed by atoms with Gasteiger partial charge in [-0.05, 0) is 13.8 Å². The fraction of sp³-hybridized carbons (Fsp3) is 0.667. The van der Waals surface area contributed by atoms with Gasteiger partial charge in [-0.15, -0.1) is 0 Å². The Bertz CT molecular complexity index is 91.1. The van der Waals surface area contributed by atoms with E-state index in [9.17, 15) is 4.79 Å². The van der Waals surface area contributed by atoms with E-state index < -0.39 is 0 Å². The van der Waals surface area contributed by atoms with Gasteiger partial charge in [0.2, 0.25) is 0 Å². The van der Waals surface area contributed by atoms with Gasteiger partial charge in [0.05, 0.1) is 5.92 Å². The molecule has 0 heterocycles. The molecule has 0 saturated heterocycles. The third kappa shape index (κ3) is 4.45. The number of carbonyl (C=O) groups is 1. The molecule has 0 saturated carbocycles. The zero-order chi connectivity index (χ0) is 7.28. The van der Waals surface area contributed by atoms with Gasteiger partial charge in [0.25, 0.3) is 0 Å². The van der Waals surface area contributed by atoms with E-state index in [0.29, 0.717) is 17.9 Å². The minimum Gasteiger partial charge on any atom is -0.464 e. The first-order chi connectivity index (χ1) is 4.18.